The second-order valence-corrected chi connectivity index (χ2v) is 4.19. The van der Waals surface area contributed by atoms with Crippen molar-refractivity contribution in [2.75, 3.05) is 5.32 Å². The Morgan fingerprint density at radius 1 is 1.40 bits per heavy atom. The van der Waals surface area contributed by atoms with Gasteiger partial charge < -0.3 is 5.32 Å². The molecule has 0 bridgehead atoms. The topological polar surface area (TPSA) is 12.0 Å². The van der Waals surface area contributed by atoms with Crippen molar-refractivity contribution in [1.82, 2.24) is 0 Å². The molecule has 15 heavy (non-hydrogen) atoms. The Kier molecular flexibility index (Phi) is 3.86. The van der Waals surface area contributed by atoms with Crippen LogP contribution in [0.1, 0.15) is 5.56 Å². The molecule has 0 radical (unpaired) electrons. The van der Waals surface area contributed by atoms with Crippen molar-refractivity contribution in [3.8, 4) is 0 Å². The van der Waals surface area contributed by atoms with Gasteiger partial charge >= 0.3 is 6.18 Å². The van der Waals surface area contributed by atoms with E-state index in [0.29, 0.717) is 5.69 Å². The molecule has 1 aromatic rings. The molecule has 1 aromatic carbocycles. The van der Waals surface area contributed by atoms with Gasteiger partial charge in [-0.25, -0.2) is 0 Å². The van der Waals surface area contributed by atoms with Gasteiger partial charge in [-0.2, -0.15) is 13.2 Å². The van der Waals surface area contributed by atoms with Gasteiger partial charge in [0.1, 0.15) is 4.32 Å². The van der Waals surface area contributed by atoms with Crippen LogP contribution in [0.4, 0.5) is 18.9 Å². The summed E-state index contributed by atoms with van der Waals surface area (Å²) in [4.78, 5) is 0. The molecular weight excluding hydrogens is 267 g/mol. The first-order valence-electron chi connectivity index (χ1n) is 3.67. The Hall–Kier alpha value is -0.460. The summed E-state index contributed by atoms with van der Waals surface area (Å²) < 4.78 is 37.0. The lowest BCUT2D eigenvalue weighted by Gasteiger charge is -2.10. The van der Waals surface area contributed by atoms with Crippen LogP contribution in [0.5, 0.6) is 0 Å². The lowest BCUT2D eigenvalue weighted by atomic mass is 10.2. The van der Waals surface area contributed by atoms with E-state index in [1.165, 1.54) is 6.07 Å². The van der Waals surface area contributed by atoms with Crippen LogP contribution in [-0.2, 0) is 6.18 Å². The van der Waals surface area contributed by atoms with Crippen molar-refractivity contribution in [2.45, 2.75) is 6.18 Å². The highest BCUT2D eigenvalue weighted by molar-refractivity contribution is 8.11. The number of hydrogen-bond donors (Lipinski definition) is 2. The van der Waals surface area contributed by atoms with E-state index in [1.54, 1.807) is 0 Å². The van der Waals surface area contributed by atoms with Crippen LogP contribution in [0.25, 0.3) is 0 Å². The Labute approximate surface area is 100 Å². The van der Waals surface area contributed by atoms with E-state index in [2.05, 4.69) is 30.2 Å². The number of halogens is 4. The molecule has 82 valence electrons. The number of thiol groups is 1. The maximum atomic E-state index is 12.3. The number of thiocarbonyl (C=S) groups is 1. The zero-order valence-electron chi connectivity index (χ0n) is 7.10. The summed E-state index contributed by atoms with van der Waals surface area (Å²) in [5, 5.41) is 2.19. The van der Waals surface area contributed by atoms with Gasteiger partial charge in [0.25, 0.3) is 0 Å². The molecule has 0 spiro atoms. The summed E-state index contributed by atoms with van der Waals surface area (Å²) in [5.74, 6) is 0. The molecule has 7 heteroatoms. The first-order valence-corrected chi connectivity index (χ1v) is 4.91. The van der Waals surface area contributed by atoms with Crippen LogP contribution in [0.3, 0.4) is 0 Å². The van der Waals surface area contributed by atoms with Crippen molar-refractivity contribution >= 4 is 46.5 Å². The number of hydrogen-bond acceptors (Lipinski definition) is 1. The Morgan fingerprint density at radius 2 is 2.00 bits per heavy atom. The number of nitrogens with one attached hydrogen (secondary N) is 1. The van der Waals surface area contributed by atoms with Gasteiger partial charge in [-0.1, -0.05) is 23.8 Å². The van der Waals surface area contributed by atoms with Crippen molar-refractivity contribution in [1.29, 1.82) is 0 Å². The standard InChI is InChI=1S/C8H5ClF3NS2/c9-6-3-4(13-7(14)15)1-2-5(6)8(10,11)12/h1-3H,(H2,13,14,15). The highest BCUT2D eigenvalue weighted by Crippen LogP contribution is 2.35. The monoisotopic (exact) mass is 271 g/mol. The molecule has 1 N–H and O–H groups in total. The summed E-state index contributed by atoms with van der Waals surface area (Å²) in [7, 11) is 0. The van der Waals surface area contributed by atoms with Crippen LogP contribution in [0.2, 0.25) is 5.02 Å². The fraction of sp³-hybridized carbons (Fsp3) is 0.125. The highest BCUT2D eigenvalue weighted by Gasteiger charge is 2.32. The molecular formula is C8H5ClF3NS2. The van der Waals surface area contributed by atoms with E-state index >= 15 is 0 Å². The quantitative estimate of drug-likeness (QED) is 0.592. The average Bonchev–Trinajstić information content (AvgIpc) is 1.99. The van der Waals surface area contributed by atoms with Gasteiger partial charge in [0.15, 0.2) is 0 Å². The van der Waals surface area contributed by atoms with Crippen molar-refractivity contribution < 1.29 is 13.2 Å². The van der Waals surface area contributed by atoms with Gasteiger partial charge in [0.2, 0.25) is 0 Å². The number of benzene rings is 1. The molecule has 0 aliphatic heterocycles. The minimum atomic E-state index is -4.45. The number of rotatable bonds is 1. The third-order valence-electron chi connectivity index (χ3n) is 1.53. The average molecular weight is 272 g/mol. The third-order valence-corrected chi connectivity index (χ3v) is 2.05. The van der Waals surface area contributed by atoms with Crippen LogP contribution in [0, 0.1) is 0 Å². The molecule has 0 atom stereocenters. The predicted molar refractivity (Wildman–Crippen MR) is 61.7 cm³/mol. The van der Waals surface area contributed by atoms with Crippen LogP contribution < -0.4 is 5.32 Å². The summed E-state index contributed by atoms with van der Waals surface area (Å²) >= 11 is 13.9. The SMILES string of the molecule is FC(F)(F)c1ccc(NC(=S)S)cc1Cl. The van der Waals surface area contributed by atoms with Crippen LogP contribution in [0.15, 0.2) is 18.2 Å². The molecule has 0 aliphatic carbocycles. The Morgan fingerprint density at radius 3 is 2.40 bits per heavy atom. The van der Waals surface area contributed by atoms with E-state index in [4.69, 9.17) is 11.6 Å². The molecule has 0 aliphatic rings. The molecule has 0 fully saturated rings. The van der Waals surface area contributed by atoms with Crippen molar-refractivity contribution in [2.24, 2.45) is 0 Å². The number of anilines is 1. The summed E-state index contributed by atoms with van der Waals surface area (Å²) in [5.41, 5.74) is -0.507. The summed E-state index contributed by atoms with van der Waals surface area (Å²) in [6.07, 6.45) is -4.45. The molecule has 0 heterocycles. The van der Waals surface area contributed by atoms with Crippen molar-refractivity contribution in [3.05, 3.63) is 28.8 Å². The van der Waals surface area contributed by atoms with Gasteiger partial charge in [-0.3, -0.25) is 0 Å². The van der Waals surface area contributed by atoms with Gasteiger partial charge in [0.05, 0.1) is 10.6 Å². The van der Waals surface area contributed by atoms with E-state index in [1.807, 2.05) is 0 Å². The molecule has 1 rings (SSSR count). The fourth-order valence-electron chi connectivity index (χ4n) is 0.946. The van der Waals surface area contributed by atoms with E-state index < -0.39 is 11.7 Å². The maximum Gasteiger partial charge on any atom is 0.417 e. The summed E-state index contributed by atoms with van der Waals surface area (Å²) in [6, 6.07) is 3.26. The fourth-order valence-corrected chi connectivity index (χ4v) is 1.48. The predicted octanol–water partition coefficient (Wildman–Crippen LogP) is 3.99. The zero-order chi connectivity index (χ0) is 11.6. The largest absolute Gasteiger partial charge is 0.417 e. The Balaban J connectivity index is 3.04. The number of alkyl halides is 3. The van der Waals surface area contributed by atoms with Gasteiger partial charge in [0, 0.05) is 5.69 Å². The molecule has 0 amide bonds. The van der Waals surface area contributed by atoms with Crippen LogP contribution >= 0.6 is 36.4 Å². The normalized spacial score (nSPS) is 11.3. The molecule has 1 nitrogen and oxygen atoms in total. The van der Waals surface area contributed by atoms with Gasteiger partial charge in [-0.15, -0.1) is 12.6 Å². The molecule has 0 unspecified atom stereocenters. The van der Waals surface area contributed by atoms with Crippen LogP contribution in [-0.4, -0.2) is 4.32 Å². The first kappa shape index (κ1) is 12.6. The highest BCUT2D eigenvalue weighted by atomic mass is 35.5. The Bertz CT molecular complexity index is 392. The molecule has 0 saturated carbocycles. The van der Waals surface area contributed by atoms with E-state index in [-0.39, 0.29) is 9.34 Å². The minimum Gasteiger partial charge on any atom is -0.341 e. The smallest absolute Gasteiger partial charge is 0.341 e. The lowest BCUT2D eigenvalue weighted by molar-refractivity contribution is -0.137. The van der Waals surface area contributed by atoms with Gasteiger partial charge in [-0.05, 0) is 18.2 Å². The second kappa shape index (κ2) is 4.59. The zero-order valence-corrected chi connectivity index (χ0v) is 9.57. The van der Waals surface area contributed by atoms with E-state index in [0.717, 1.165) is 12.1 Å². The third kappa shape index (κ3) is 3.55. The maximum absolute atomic E-state index is 12.3. The minimum absolute atomic E-state index is 0.158. The lowest BCUT2D eigenvalue weighted by Crippen LogP contribution is -2.07. The molecule has 0 aromatic heterocycles. The first-order chi connectivity index (χ1) is 6.80. The molecule has 0 saturated heterocycles. The van der Waals surface area contributed by atoms with E-state index in [9.17, 15) is 13.2 Å². The second-order valence-electron chi connectivity index (χ2n) is 2.62. The van der Waals surface area contributed by atoms with Crippen molar-refractivity contribution in [3.63, 3.8) is 0 Å². The summed E-state index contributed by atoms with van der Waals surface area (Å²) in [6.45, 7) is 0.